The molecule has 0 rings (SSSR count). The van der Waals surface area contributed by atoms with E-state index in [1.807, 2.05) is 0 Å². The first-order valence-electron chi connectivity index (χ1n) is 5.86. The number of hydrogen-bond donors (Lipinski definition) is 1. The molecule has 0 saturated heterocycles. The molecule has 0 amide bonds. The highest BCUT2D eigenvalue weighted by Crippen LogP contribution is 2.32. The topological polar surface area (TPSA) is 62.7 Å². The molecule has 0 aromatic heterocycles. The highest BCUT2D eigenvalue weighted by atomic mass is 28.4. The Morgan fingerprint density at radius 1 is 0.938 bits per heavy atom. The fourth-order valence-electron chi connectivity index (χ4n) is 2.02. The van der Waals surface area contributed by atoms with E-state index < -0.39 is 8.80 Å². The molecule has 0 aromatic rings. The Balaban J connectivity index is 0. The largest absolute Gasteiger partial charge is 0.503 e. The van der Waals surface area contributed by atoms with Crippen LogP contribution in [0.15, 0.2) is 0 Å². The third-order valence-corrected chi connectivity index (χ3v) is 6.41. The molecule has 100 valence electrons. The summed E-state index contributed by atoms with van der Waals surface area (Å²) in [6.07, 6.45) is 5.97. The zero-order valence-electron chi connectivity index (χ0n) is 11.5. The lowest BCUT2D eigenvalue weighted by molar-refractivity contribution is 0.108. The summed E-state index contributed by atoms with van der Waals surface area (Å²) < 4.78 is 16.5. The first-order chi connectivity index (χ1) is 7.20. The Kier molecular flexibility index (Phi) is 11.8. The Hall–Kier alpha value is 0.0569. The molecule has 0 saturated carbocycles. The van der Waals surface area contributed by atoms with Crippen LogP contribution in [-0.2, 0) is 13.3 Å². The average Bonchev–Trinajstić information content (AvgIpc) is 2.29. The summed E-state index contributed by atoms with van der Waals surface area (Å²) in [4.78, 5) is 0. The minimum atomic E-state index is -2.40. The normalized spacial score (nSPS) is 13.3. The van der Waals surface area contributed by atoms with Crippen molar-refractivity contribution in [2.45, 2.75) is 51.5 Å². The minimum Gasteiger partial charge on any atom is -0.377 e. The molecule has 16 heavy (non-hydrogen) atoms. The lowest BCUT2D eigenvalue weighted by Gasteiger charge is -2.31. The molecule has 1 atom stereocenters. The standard InChI is InChI=1S/C11H26O3Si.H3N/c1-6-8-9-10-11(7-2)15(12-3,13-4)14-5;/h11H,6-10H2,1-5H3;1H3. The molecule has 0 radical (unpaired) electrons. The summed E-state index contributed by atoms with van der Waals surface area (Å²) in [5.74, 6) is 0. The van der Waals surface area contributed by atoms with Gasteiger partial charge in [0.2, 0.25) is 0 Å². The van der Waals surface area contributed by atoms with Crippen LogP contribution in [-0.4, -0.2) is 30.1 Å². The number of hydrogen-bond acceptors (Lipinski definition) is 4. The van der Waals surface area contributed by atoms with E-state index in [1.165, 1.54) is 19.3 Å². The predicted molar refractivity (Wildman–Crippen MR) is 70.0 cm³/mol. The van der Waals surface area contributed by atoms with Gasteiger partial charge in [-0.2, -0.15) is 0 Å². The second-order valence-electron chi connectivity index (χ2n) is 3.82. The monoisotopic (exact) mass is 251 g/mol. The summed E-state index contributed by atoms with van der Waals surface area (Å²) in [6, 6.07) is 0. The SMILES string of the molecule is CCCCCC(CC)[Si](OC)(OC)OC.N. The summed E-state index contributed by atoms with van der Waals surface area (Å²) in [6.45, 7) is 4.39. The van der Waals surface area contributed by atoms with Gasteiger partial charge in [-0.15, -0.1) is 0 Å². The molecule has 1 unspecified atom stereocenters. The van der Waals surface area contributed by atoms with Gasteiger partial charge < -0.3 is 19.4 Å². The number of unbranched alkanes of at least 4 members (excludes halogenated alkanes) is 2. The first kappa shape index (κ1) is 18.4. The van der Waals surface area contributed by atoms with Crippen molar-refractivity contribution >= 4 is 8.80 Å². The molecule has 3 N–H and O–H groups in total. The maximum Gasteiger partial charge on any atom is 0.503 e. The zero-order chi connectivity index (χ0) is 11.7. The van der Waals surface area contributed by atoms with E-state index in [1.54, 1.807) is 21.3 Å². The Morgan fingerprint density at radius 3 is 1.75 bits per heavy atom. The van der Waals surface area contributed by atoms with Crippen LogP contribution in [0.1, 0.15) is 46.0 Å². The Labute approximate surface area is 102 Å². The van der Waals surface area contributed by atoms with Gasteiger partial charge in [0.15, 0.2) is 0 Å². The van der Waals surface area contributed by atoms with Crippen LogP contribution < -0.4 is 6.15 Å². The maximum absolute atomic E-state index is 5.51. The van der Waals surface area contributed by atoms with Crippen molar-refractivity contribution < 1.29 is 13.3 Å². The summed E-state index contributed by atoms with van der Waals surface area (Å²) in [7, 11) is 2.69. The molecule has 0 aliphatic carbocycles. The summed E-state index contributed by atoms with van der Waals surface area (Å²) >= 11 is 0. The molecule has 0 aliphatic rings. The van der Waals surface area contributed by atoms with Gasteiger partial charge >= 0.3 is 8.80 Å². The van der Waals surface area contributed by atoms with Crippen LogP contribution in [0, 0.1) is 0 Å². The Bertz CT molecular complexity index is 146. The fourth-order valence-corrected chi connectivity index (χ4v) is 4.58. The molecule has 0 bridgehead atoms. The van der Waals surface area contributed by atoms with E-state index >= 15 is 0 Å². The highest BCUT2D eigenvalue weighted by molar-refractivity contribution is 6.62. The summed E-state index contributed by atoms with van der Waals surface area (Å²) in [5, 5.41) is 0. The Morgan fingerprint density at radius 2 is 1.44 bits per heavy atom. The smallest absolute Gasteiger partial charge is 0.377 e. The van der Waals surface area contributed by atoms with Crippen molar-refractivity contribution in [2.24, 2.45) is 0 Å². The highest BCUT2D eigenvalue weighted by Gasteiger charge is 2.45. The molecular weight excluding hydrogens is 222 g/mol. The molecular formula is C11H29NO3Si. The van der Waals surface area contributed by atoms with Crippen LogP contribution in [0.4, 0.5) is 0 Å². The lowest BCUT2D eigenvalue weighted by atomic mass is 10.1. The van der Waals surface area contributed by atoms with Crippen LogP contribution in [0.5, 0.6) is 0 Å². The number of rotatable bonds is 9. The molecule has 0 spiro atoms. The van der Waals surface area contributed by atoms with Crippen molar-refractivity contribution in [3.05, 3.63) is 0 Å². The predicted octanol–water partition coefficient (Wildman–Crippen LogP) is 3.39. The summed E-state index contributed by atoms with van der Waals surface area (Å²) in [5.41, 5.74) is 0.434. The van der Waals surface area contributed by atoms with E-state index in [0.29, 0.717) is 5.54 Å². The quantitative estimate of drug-likeness (QED) is 0.504. The second-order valence-corrected chi connectivity index (χ2v) is 7.07. The molecule has 4 nitrogen and oxygen atoms in total. The maximum atomic E-state index is 5.51. The van der Waals surface area contributed by atoms with Crippen molar-refractivity contribution in [2.75, 3.05) is 21.3 Å². The fraction of sp³-hybridized carbons (Fsp3) is 1.00. The van der Waals surface area contributed by atoms with E-state index in [4.69, 9.17) is 13.3 Å². The van der Waals surface area contributed by atoms with Crippen LogP contribution in [0.2, 0.25) is 5.54 Å². The van der Waals surface area contributed by atoms with Gasteiger partial charge in [0.1, 0.15) is 0 Å². The molecule has 0 fully saturated rings. The van der Waals surface area contributed by atoms with E-state index in [2.05, 4.69) is 13.8 Å². The van der Waals surface area contributed by atoms with Crippen LogP contribution >= 0.6 is 0 Å². The molecule has 5 heteroatoms. The van der Waals surface area contributed by atoms with Crippen LogP contribution in [0.3, 0.4) is 0 Å². The van der Waals surface area contributed by atoms with Crippen molar-refractivity contribution in [3.8, 4) is 0 Å². The van der Waals surface area contributed by atoms with Crippen LogP contribution in [0.25, 0.3) is 0 Å². The van der Waals surface area contributed by atoms with E-state index in [-0.39, 0.29) is 6.15 Å². The zero-order valence-corrected chi connectivity index (χ0v) is 12.5. The van der Waals surface area contributed by atoms with Gasteiger partial charge in [0, 0.05) is 26.9 Å². The van der Waals surface area contributed by atoms with Crippen molar-refractivity contribution in [3.63, 3.8) is 0 Å². The third kappa shape index (κ3) is 4.93. The van der Waals surface area contributed by atoms with Gasteiger partial charge in [-0.25, -0.2) is 0 Å². The first-order valence-corrected chi connectivity index (χ1v) is 7.66. The van der Waals surface area contributed by atoms with Gasteiger partial charge in [-0.1, -0.05) is 33.1 Å². The average molecular weight is 251 g/mol. The third-order valence-electron chi connectivity index (χ3n) is 3.00. The van der Waals surface area contributed by atoms with Gasteiger partial charge in [-0.3, -0.25) is 0 Å². The lowest BCUT2D eigenvalue weighted by Crippen LogP contribution is -2.47. The van der Waals surface area contributed by atoms with E-state index in [9.17, 15) is 0 Å². The molecule has 0 aliphatic heterocycles. The van der Waals surface area contributed by atoms with E-state index in [0.717, 1.165) is 12.8 Å². The second kappa shape index (κ2) is 10.2. The minimum absolute atomic E-state index is 0. The van der Waals surface area contributed by atoms with Gasteiger partial charge in [0.25, 0.3) is 0 Å². The van der Waals surface area contributed by atoms with Gasteiger partial charge in [0.05, 0.1) is 0 Å². The van der Waals surface area contributed by atoms with Crippen molar-refractivity contribution in [1.29, 1.82) is 0 Å². The van der Waals surface area contributed by atoms with Crippen molar-refractivity contribution in [1.82, 2.24) is 6.15 Å². The van der Waals surface area contributed by atoms with Gasteiger partial charge in [-0.05, 0) is 12.8 Å². The molecule has 0 heterocycles. The molecule has 0 aromatic carbocycles.